The third-order valence-corrected chi connectivity index (χ3v) is 6.37. The SMILES string of the molecule is NS(N)(=O)=O.O=I(=O)c1cc(-c2ccccc2)c(-c2ccccc2)cc1-c1ccccc1. The molecule has 0 unspecified atom stereocenters. The maximum atomic E-state index is 12.2. The van der Waals surface area contributed by atoms with Crippen LogP contribution in [-0.4, -0.2) is 8.42 Å². The van der Waals surface area contributed by atoms with Crippen LogP contribution in [0.15, 0.2) is 103 Å². The molecule has 0 fully saturated rings. The van der Waals surface area contributed by atoms with E-state index in [1.165, 1.54) is 0 Å². The normalized spacial score (nSPS) is 11.0. The zero-order valence-electron chi connectivity index (χ0n) is 16.9. The van der Waals surface area contributed by atoms with E-state index in [-0.39, 0.29) is 0 Å². The molecule has 0 atom stereocenters. The minimum Gasteiger partial charge on any atom is -0.230 e. The highest BCUT2D eigenvalue weighted by Crippen LogP contribution is 2.40. The van der Waals surface area contributed by atoms with Crippen molar-refractivity contribution >= 4 is 30.0 Å². The summed E-state index contributed by atoms with van der Waals surface area (Å²) >= 11 is -3.69. The van der Waals surface area contributed by atoms with Gasteiger partial charge in [0.25, 0.3) is 10.2 Å². The predicted octanol–water partition coefficient (Wildman–Crippen LogP) is 5.20. The van der Waals surface area contributed by atoms with E-state index in [1.54, 1.807) is 0 Å². The average Bonchev–Trinajstić information content (AvgIpc) is 2.79. The molecule has 4 rings (SSSR count). The molecule has 4 N–H and O–H groups in total. The Bertz CT molecular complexity index is 1360. The smallest absolute Gasteiger partial charge is 0.230 e. The Kier molecular flexibility index (Phi) is 7.86. The van der Waals surface area contributed by atoms with Crippen LogP contribution in [0.3, 0.4) is 0 Å². The Morgan fingerprint density at radius 2 is 0.844 bits per heavy atom. The molecule has 0 spiro atoms. The van der Waals surface area contributed by atoms with Gasteiger partial charge in [0.15, 0.2) is 0 Å². The molecule has 32 heavy (non-hydrogen) atoms. The first-order chi connectivity index (χ1) is 15.2. The second-order valence-electron chi connectivity index (χ2n) is 6.78. The molecule has 6 nitrogen and oxygen atoms in total. The standard InChI is InChI=1S/C24H17IO2.H4N2O2S/c26-25(27)24-17-22(19-12-6-2-7-13-19)21(18-10-4-1-5-11-18)16-23(24)20-14-8-3-9-15-20;1-5(2,3)4/h1-17H;(H4,1,2,3,4). The van der Waals surface area contributed by atoms with Crippen LogP contribution in [0.25, 0.3) is 33.4 Å². The molecular weight excluding hydrogens is 539 g/mol. The molecule has 0 aliphatic rings. The summed E-state index contributed by atoms with van der Waals surface area (Å²) in [6, 6.07) is 33.6. The molecular formula is C24H21IN2O4S. The lowest BCUT2D eigenvalue weighted by molar-refractivity contribution is 0.599. The summed E-state index contributed by atoms with van der Waals surface area (Å²) in [6.07, 6.45) is 0. The predicted molar refractivity (Wildman–Crippen MR) is 134 cm³/mol. The molecule has 0 aliphatic heterocycles. The summed E-state index contributed by atoms with van der Waals surface area (Å²) in [5.41, 5.74) is 5.72. The van der Waals surface area contributed by atoms with Crippen molar-refractivity contribution in [1.29, 1.82) is 0 Å². The first kappa shape index (κ1) is 23.7. The largest absolute Gasteiger partial charge is 0.341 e. The van der Waals surface area contributed by atoms with Crippen molar-refractivity contribution in [3.8, 4) is 33.4 Å². The lowest BCUT2D eigenvalue weighted by Crippen LogP contribution is -2.21. The van der Waals surface area contributed by atoms with Gasteiger partial charge in [-0.25, -0.2) is 16.4 Å². The van der Waals surface area contributed by atoms with Crippen LogP contribution in [0.4, 0.5) is 0 Å². The average molecular weight is 560 g/mol. The van der Waals surface area contributed by atoms with Gasteiger partial charge in [0.05, 0.1) is 3.57 Å². The van der Waals surface area contributed by atoms with Crippen LogP contribution in [-0.2, 0) is 16.3 Å². The van der Waals surface area contributed by atoms with Gasteiger partial charge >= 0.3 is 19.8 Å². The van der Waals surface area contributed by atoms with Crippen LogP contribution < -0.4 is 10.3 Å². The molecule has 0 saturated carbocycles. The highest BCUT2D eigenvalue weighted by molar-refractivity contribution is 14.2. The minimum atomic E-state index is -3.69. The minimum absolute atomic E-state index is 0.434. The number of nitrogens with two attached hydrogens (primary N) is 2. The van der Waals surface area contributed by atoms with Gasteiger partial charge in [0.1, 0.15) is 0 Å². The van der Waals surface area contributed by atoms with Crippen molar-refractivity contribution < 1.29 is 14.6 Å². The molecule has 0 radical (unpaired) electrons. The van der Waals surface area contributed by atoms with E-state index in [1.807, 2.05) is 91.0 Å². The first-order valence-corrected chi connectivity index (χ1v) is 13.9. The van der Waals surface area contributed by atoms with Gasteiger partial charge in [0, 0.05) is 5.56 Å². The van der Waals surface area contributed by atoms with Crippen molar-refractivity contribution in [2.45, 2.75) is 0 Å². The van der Waals surface area contributed by atoms with E-state index in [0.29, 0.717) is 3.57 Å². The molecule has 0 bridgehead atoms. The molecule has 0 aromatic heterocycles. The maximum absolute atomic E-state index is 12.2. The summed E-state index contributed by atoms with van der Waals surface area (Å²) in [5, 5.41) is 8.21. The quantitative estimate of drug-likeness (QED) is 0.333. The topological polar surface area (TPSA) is 120 Å². The summed E-state index contributed by atoms with van der Waals surface area (Å²) in [5.74, 6) is 0. The fraction of sp³-hybridized carbons (Fsp3) is 0. The van der Waals surface area contributed by atoms with E-state index in [9.17, 15) is 14.6 Å². The van der Waals surface area contributed by atoms with Gasteiger partial charge in [-0.05, 0) is 39.9 Å². The molecule has 0 aliphatic carbocycles. The maximum Gasteiger partial charge on any atom is 0.341 e. The monoisotopic (exact) mass is 560 g/mol. The fourth-order valence-electron chi connectivity index (χ4n) is 3.25. The van der Waals surface area contributed by atoms with Gasteiger partial charge in [-0.3, -0.25) is 0 Å². The van der Waals surface area contributed by atoms with Crippen LogP contribution in [0.1, 0.15) is 0 Å². The Hall–Kier alpha value is -2.92. The van der Waals surface area contributed by atoms with E-state index in [0.717, 1.165) is 33.4 Å². The van der Waals surface area contributed by atoms with Gasteiger partial charge < -0.3 is 0 Å². The third-order valence-electron chi connectivity index (χ3n) is 4.53. The van der Waals surface area contributed by atoms with Gasteiger partial charge in [-0.1, -0.05) is 91.0 Å². The Labute approximate surface area is 194 Å². The van der Waals surface area contributed by atoms with Crippen molar-refractivity contribution in [3.05, 3.63) is 107 Å². The van der Waals surface area contributed by atoms with E-state index < -0.39 is 30.0 Å². The zero-order valence-corrected chi connectivity index (χ0v) is 19.9. The van der Waals surface area contributed by atoms with Crippen LogP contribution in [0, 0.1) is 3.57 Å². The number of halogens is 1. The Balaban J connectivity index is 0.000000523. The number of rotatable bonds is 4. The van der Waals surface area contributed by atoms with Gasteiger partial charge in [-0.15, -0.1) is 0 Å². The Morgan fingerprint density at radius 3 is 1.19 bits per heavy atom. The third kappa shape index (κ3) is 6.54. The van der Waals surface area contributed by atoms with Crippen molar-refractivity contribution in [2.24, 2.45) is 10.3 Å². The summed E-state index contributed by atoms with van der Waals surface area (Å²) in [6.45, 7) is 0. The van der Waals surface area contributed by atoms with E-state index in [4.69, 9.17) is 0 Å². The molecule has 0 saturated heterocycles. The summed E-state index contributed by atoms with van der Waals surface area (Å²) < 4.78 is 43.1. The van der Waals surface area contributed by atoms with Crippen molar-refractivity contribution in [1.82, 2.24) is 0 Å². The van der Waals surface area contributed by atoms with Gasteiger partial charge in [-0.2, -0.15) is 8.42 Å². The lowest BCUT2D eigenvalue weighted by Gasteiger charge is -2.15. The van der Waals surface area contributed by atoms with Crippen LogP contribution in [0.2, 0.25) is 0 Å². The van der Waals surface area contributed by atoms with E-state index >= 15 is 0 Å². The van der Waals surface area contributed by atoms with Gasteiger partial charge in [0.2, 0.25) is 0 Å². The highest BCUT2D eigenvalue weighted by Gasteiger charge is 2.17. The number of hydrogen-bond acceptors (Lipinski definition) is 4. The summed E-state index contributed by atoms with van der Waals surface area (Å²) in [4.78, 5) is 0. The molecule has 0 heterocycles. The molecule has 4 aromatic carbocycles. The molecule has 164 valence electrons. The van der Waals surface area contributed by atoms with E-state index in [2.05, 4.69) is 22.4 Å². The van der Waals surface area contributed by atoms with Crippen molar-refractivity contribution in [3.63, 3.8) is 0 Å². The fourth-order valence-corrected chi connectivity index (χ4v) is 4.76. The second kappa shape index (κ2) is 10.6. The number of benzene rings is 4. The zero-order chi connectivity index (χ0) is 23.1. The first-order valence-electron chi connectivity index (χ1n) is 9.44. The van der Waals surface area contributed by atoms with Crippen LogP contribution in [0.5, 0.6) is 0 Å². The second-order valence-corrected chi connectivity index (χ2v) is 10.4. The molecule has 4 aromatic rings. The number of hydrogen-bond donors (Lipinski definition) is 2. The lowest BCUT2D eigenvalue weighted by atomic mass is 9.91. The molecule has 0 amide bonds. The molecule has 8 heteroatoms. The van der Waals surface area contributed by atoms with Crippen LogP contribution >= 0.6 is 19.8 Å². The van der Waals surface area contributed by atoms with Crippen molar-refractivity contribution in [2.75, 3.05) is 0 Å². The Morgan fingerprint density at radius 1 is 0.531 bits per heavy atom. The highest BCUT2D eigenvalue weighted by atomic mass is 127. The summed E-state index contributed by atoms with van der Waals surface area (Å²) in [7, 11) is -3.67.